The molecule has 1 fully saturated rings. The van der Waals surface area contributed by atoms with Crippen LogP contribution in [0.15, 0.2) is 36.7 Å². The molecule has 0 bridgehead atoms. The van der Waals surface area contributed by atoms with Crippen LogP contribution in [-0.4, -0.2) is 51.3 Å². The number of aromatic nitrogens is 3. The summed E-state index contributed by atoms with van der Waals surface area (Å²) in [6, 6.07) is 10.6. The van der Waals surface area contributed by atoms with Crippen molar-refractivity contribution in [1.82, 2.24) is 20.3 Å². The third-order valence-electron chi connectivity index (χ3n) is 5.00. The van der Waals surface area contributed by atoms with Gasteiger partial charge in [-0.3, -0.25) is 0 Å². The zero-order valence-electron chi connectivity index (χ0n) is 17.3. The molecule has 11 heteroatoms. The molecule has 0 saturated carbocycles. The van der Waals surface area contributed by atoms with Crippen molar-refractivity contribution in [2.45, 2.75) is 38.5 Å². The monoisotopic (exact) mass is 469 g/mol. The molecule has 4 rings (SSSR count). The molecule has 0 spiro atoms. The highest BCUT2D eigenvalue weighted by atomic mass is 35.5. The van der Waals surface area contributed by atoms with Crippen molar-refractivity contribution in [1.29, 1.82) is 0 Å². The number of hydrogen-bond donors (Lipinski definition) is 3. The fraction of sp³-hybridized carbons (Fsp3) is 0.381. The van der Waals surface area contributed by atoms with Crippen LogP contribution in [0, 0.1) is 6.92 Å². The first-order valence-electron chi connectivity index (χ1n) is 9.96. The van der Waals surface area contributed by atoms with Crippen molar-refractivity contribution >= 4 is 34.3 Å². The Morgan fingerprint density at radius 3 is 2.75 bits per heavy atom. The second-order valence-electron chi connectivity index (χ2n) is 7.51. The van der Waals surface area contributed by atoms with E-state index in [9.17, 15) is 13.2 Å². The Bertz CT molecular complexity index is 1070. The SMILES string of the molecule is Cc1cc(N2CCCC(NCc3cc4cc(Cl)ccc4[nH]3)C2)ncn1.O=C(O)C(F)(F)F. The zero-order chi connectivity index (χ0) is 23.3. The van der Waals surface area contributed by atoms with Gasteiger partial charge in [-0.15, -0.1) is 0 Å². The summed E-state index contributed by atoms with van der Waals surface area (Å²) in [6.07, 6.45) is -1.08. The van der Waals surface area contributed by atoms with Gasteiger partial charge in [0.2, 0.25) is 0 Å². The second-order valence-corrected chi connectivity index (χ2v) is 7.95. The lowest BCUT2D eigenvalue weighted by Gasteiger charge is -2.34. The summed E-state index contributed by atoms with van der Waals surface area (Å²) >= 11 is 6.07. The van der Waals surface area contributed by atoms with E-state index in [0.717, 1.165) is 47.1 Å². The first-order valence-corrected chi connectivity index (χ1v) is 10.3. The lowest BCUT2D eigenvalue weighted by atomic mass is 10.1. The molecule has 2 aromatic heterocycles. The number of aliphatic carboxylic acids is 1. The maximum atomic E-state index is 10.6. The lowest BCUT2D eigenvalue weighted by Crippen LogP contribution is -2.45. The summed E-state index contributed by atoms with van der Waals surface area (Å²) in [7, 11) is 0. The molecular formula is C21H23ClF3N5O2. The van der Waals surface area contributed by atoms with Crippen LogP contribution in [0.2, 0.25) is 5.02 Å². The third-order valence-corrected chi connectivity index (χ3v) is 5.23. The Morgan fingerprint density at radius 1 is 1.31 bits per heavy atom. The molecule has 7 nitrogen and oxygen atoms in total. The van der Waals surface area contributed by atoms with Gasteiger partial charge in [0.15, 0.2) is 0 Å². The normalized spacial score (nSPS) is 16.5. The van der Waals surface area contributed by atoms with Crippen LogP contribution in [0.25, 0.3) is 10.9 Å². The van der Waals surface area contributed by atoms with Gasteiger partial charge >= 0.3 is 12.1 Å². The number of H-pyrrole nitrogens is 1. The van der Waals surface area contributed by atoms with E-state index in [0.29, 0.717) is 6.04 Å². The van der Waals surface area contributed by atoms with Gasteiger partial charge in [-0.2, -0.15) is 13.2 Å². The molecule has 1 aliphatic heterocycles. The molecule has 1 saturated heterocycles. The first-order chi connectivity index (χ1) is 15.1. The molecule has 3 aromatic rings. The van der Waals surface area contributed by atoms with Crippen molar-refractivity contribution in [3.8, 4) is 0 Å². The Hall–Kier alpha value is -2.85. The fourth-order valence-corrected chi connectivity index (χ4v) is 3.66. The van der Waals surface area contributed by atoms with E-state index < -0.39 is 12.1 Å². The Balaban J connectivity index is 0.000000360. The van der Waals surface area contributed by atoms with Gasteiger partial charge in [0.1, 0.15) is 12.1 Å². The number of carbonyl (C=O) groups is 1. The van der Waals surface area contributed by atoms with Gasteiger partial charge in [-0.05, 0) is 44.0 Å². The maximum Gasteiger partial charge on any atom is 0.490 e. The standard InChI is InChI=1S/C19H22ClN5.C2HF3O2/c1-13-7-19(23-12-22-13)25-6-2-3-16(11-25)21-10-17-9-14-8-15(20)4-5-18(14)24-17;3-2(4,5)1(6)7/h4-5,7-9,12,16,21,24H,2-3,6,10-11H2,1H3;(H,6,7). The summed E-state index contributed by atoms with van der Waals surface area (Å²) in [4.78, 5) is 23.3. The largest absolute Gasteiger partial charge is 0.490 e. The average Bonchev–Trinajstić information content (AvgIpc) is 3.14. The molecule has 1 aromatic carbocycles. The maximum absolute atomic E-state index is 10.6. The van der Waals surface area contributed by atoms with E-state index in [2.05, 4.69) is 37.3 Å². The molecule has 1 aliphatic rings. The van der Waals surface area contributed by atoms with Crippen LogP contribution in [0.4, 0.5) is 19.0 Å². The van der Waals surface area contributed by atoms with Crippen molar-refractivity contribution in [2.75, 3.05) is 18.0 Å². The number of nitrogens with one attached hydrogen (secondary N) is 2. The van der Waals surface area contributed by atoms with Crippen molar-refractivity contribution in [3.63, 3.8) is 0 Å². The number of aromatic amines is 1. The topological polar surface area (TPSA) is 94.1 Å². The number of carboxylic acids is 1. The minimum atomic E-state index is -5.08. The number of fused-ring (bicyclic) bond motifs is 1. The van der Waals surface area contributed by atoms with Crippen LogP contribution in [0.3, 0.4) is 0 Å². The highest BCUT2D eigenvalue weighted by Crippen LogP contribution is 2.21. The number of aryl methyl sites for hydroxylation is 1. The lowest BCUT2D eigenvalue weighted by molar-refractivity contribution is -0.192. The molecule has 0 radical (unpaired) electrons. The summed E-state index contributed by atoms with van der Waals surface area (Å²) < 4.78 is 31.7. The molecule has 32 heavy (non-hydrogen) atoms. The molecule has 1 atom stereocenters. The van der Waals surface area contributed by atoms with Gasteiger partial charge < -0.3 is 20.3 Å². The van der Waals surface area contributed by atoms with E-state index in [4.69, 9.17) is 21.5 Å². The number of hydrogen-bond acceptors (Lipinski definition) is 5. The van der Waals surface area contributed by atoms with Crippen molar-refractivity contribution < 1.29 is 23.1 Å². The summed E-state index contributed by atoms with van der Waals surface area (Å²) in [5.74, 6) is -1.73. The number of anilines is 1. The van der Waals surface area contributed by atoms with E-state index >= 15 is 0 Å². The van der Waals surface area contributed by atoms with E-state index in [1.165, 1.54) is 18.5 Å². The molecule has 1 unspecified atom stereocenters. The number of carboxylic acid groups (broad SMARTS) is 1. The van der Waals surface area contributed by atoms with Crippen LogP contribution in [-0.2, 0) is 11.3 Å². The predicted molar refractivity (Wildman–Crippen MR) is 116 cm³/mol. The number of nitrogens with zero attached hydrogens (tertiary/aromatic N) is 3. The van der Waals surface area contributed by atoms with Gasteiger partial charge in [-0.1, -0.05) is 11.6 Å². The summed E-state index contributed by atoms with van der Waals surface area (Å²) in [5.41, 5.74) is 3.33. The summed E-state index contributed by atoms with van der Waals surface area (Å²) in [5, 5.41) is 12.7. The fourth-order valence-electron chi connectivity index (χ4n) is 3.48. The van der Waals surface area contributed by atoms with Crippen LogP contribution in [0.5, 0.6) is 0 Å². The van der Waals surface area contributed by atoms with E-state index in [-0.39, 0.29) is 0 Å². The number of benzene rings is 1. The number of alkyl halides is 3. The second kappa shape index (κ2) is 10.2. The van der Waals surface area contributed by atoms with Crippen LogP contribution in [0.1, 0.15) is 24.2 Å². The van der Waals surface area contributed by atoms with E-state index in [1.54, 1.807) is 6.33 Å². The van der Waals surface area contributed by atoms with Crippen LogP contribution < -0.4 is 10.2 Å². The van der Waals surface area contributed by atoms with Gasteiger partial charge in [0.25, 0.3) is 0 Å². The Morgan fingerprint density at radius 2 is 2.06 bits per heavy atom. The van der Waals surface area contributed by atoms with Gasteiger partial charge in [0.05, 0.1) is 0 Å². The predicted octanol–water partition coefficient (Wildman–Crippen LogP) is 4.31. The summed E-state index contributed by atoms with van der Waals surface area (Å²) in [6.45, 7) is 4.86. The zero-order valence-corrected chi connectivity index (χ0v) is 18.0. The third kappa shape index (κ3) is 6.57. The number of rotatable bonds is 4. The van der Waals surface area contributed by atoms with Crippen molar-refractivity contribution in [2.24, 2.45) is 0 Å². The minimum absolute atomic E-state index is 0.457. The highest BCUT2D eigenvalue weighted by Gasteiger charge is 2.38. The minimum Gasteiger partial charge on any atom is -0.475 e. The molecule has 0 aliphatic carbocycles. The van der Waals surface area contributed by atoms with Gasteiger partial charge in [0, 0.05) is 59.1 Å². The van der Waals surface area contributed by atoms with E-state index in [1.807, 2.05) is 25.1 Å². The molecule has 3 heterocycles. The molecule has 3 N–H and O–H groups in total. The quantitative estimate of drug-likeness (QED) is 0.527. The average molecular weight is 470 g/mol. The molecule has 0 amide bonds. The van der Waals surface area contributed by atoms with Crippen LogP contribution >= 0.6 is 11.6 Å². The Labute approximate surface area is 187 Å². The highest BCUT2D eigenvalue weighted by molar-refractivity contribution is 6.31. The first kappa shape index (κ1) is 23.8. The smallest absolute Gasteiger partial charge is 0.475 e. The number of piperidine rings is 1. The van der Waals surface area contributed by atoms with Crippen molar-refractivity contribution in [3.05, 3.63) is 53.1 Å². The Kier molecular flexibility index (Phi) is 7.57. The molecular weight excluding hydrogens is 447 g/mol. The number of halogens is 4. The van der Waals surface area contributed by atoms with Gasteiger partial charge in [-0.25, -0.2) is 14.8 Å². The molecule has 172 valence electrons.